The van der Waals surface area contributed by atoms with Crippen molar-refractivity contribution in [3.05, 3.63) is 60.4 Å². The van der Waals surface area contributed by atoms with Crippen molar-refractivity contribution in [3.8, 4) is 5.69 Å². The molecule has 1 aromatic heterocycles. The van der Waals surface area contributed by atoms with Crippen LogP contribution in [0.5, 0.6) is 0 Å². The van der Waals surface area contributed by atoms with Crippen molar-refractivity contribution in [3.63, 3.8) is 0 Å². The normalized spacial score (nSPS) is 13.0. The number of para-hydroxylation sites is 2. The summed E-state index contributed by atoms with van der Waals surface area (Å²) < 4.78 is 2.13. The van der Waals surface area contributed by atoms with Crippen LogP contribution >= 0.6 is 0 Å². The molecule has 1 heterocycles. The van der Waals surface area contributed by atoms with Crippen molar-refractivity contribution in [1.82, 2.24) is 14.5 Å². The second-order valence-corrected chi connectivity index (χ2v) is 5.44. The maximum Gasteiger partial charge on any atom is 0.100 e. The lowest BCUT2D eigenvalue weighted by Crippen LogP contribution is -2.21. The van der Waals surface area contributed by atoms with Gasteiger partial charge in [-0.1, -0.05) is 31.2 Å². The first-order valence-corrected chi connectivity index (χ1v) is 7.43. The van der Waals surface area contributed by atoms with Gasteiger partial charge < -0.3 is 0 Å². The summed E-state index contributed by atoms with van der Waals surface area (Å²) in [7, 11) is 2.15. The number of hydrogen-bond acceptors (Lipinski definition) is 2. The average molecular weight is 279 g/mol. The molecule has 3 rings (SSSR count). The molecule has 0 spiro atoms. The number of hydrogen-bond donors (Lipinski definition) is 0. The number of aromatic nitrogens is 2. The maximum atomic E-state index is 4.45. The van der Waals surface area contributed by atoms with Gasteiger partial charge in [0.2, 0.25) is 0 Å². The van der Waals surface area contributed by atoms with Crippen LogP contribution in [0.2, 0.25) is 0 Å². The van der Waals surface area contributed by atoms with Crippen molar-refractivity contribution in [2.75, 3.05) is 13.6 Å². The summed E-state index contributed by atoms with van der Waals surface area (Å²) >= 11 is 0. The first kappa shape index (κ1) is 13.8. The molecule has 0 radical (unpaired) electrons. The van der Waals surface area contributed by atoms with Crippen LogP contribution in [0.1, 0.15) is 25.5 Å². The number of nitrogens with zero attached hydrogens (tertiary/aromatic N) is 3. The quantitative estimate of drug-likeness (QED) is 0.718. The van der Waals surface area contributed by atoms with Crippen LogP contribution in [0.25, 0.3) is 16.7 Å². The lowest BCUT2D eigenvalue weighted by molar-refractivity contribution is 0.276. The van der Waals surface area contributed by atoms with E-state index in [9.17, 15) is 0 Å². The summed E-state index contributed by atoms with van der Waals surface area (Å²) in [6, 6.07) is 17.4. The zero-order chi connectivity index (χ0) is 14.8. The molecular weight excluding hydrogens is 258 g/mol. The maximum absolute atomic E-state index is 4.45. The molecule has 2 aromatic carbocycles. The van der Waals surface area contributed by atoms with Gasteiger partial charge in [0.25, 0.3) is 0 Å². The molecule has 3 heteroatoms. The van der Waals surface area contributed by atoms with Crippen LogP contribution < -0.4 is 0 Å². The van der Waals surface area contributed by atoms with Gasteiger partial charge in [0.1, 0.15) is 6.33 Å². The van der Waals surface area contributed by atoms with E-state index < -0.39 is 0 Å². The molecular formula is C18H21N3. The smallest absolute Gasteiger partial charge is 0.100 e. The Morgan fingerprint density at radius 2 is 1.81 bits per heavy atom. The topological polar surface area (TPSA) is 21.1 Å². The second-order valence-electron chi connectivity index (χ2n) is 5.44. The SMILES string of the molecule is CCN(C)C(C)c1ccc(-n2cnc3ccccc32)cc1. The van der Waals surface area contributed by atoms with Crippen molar-refractivity contribution in [2.45, 2.75) is 19.9 Å². The monoisotopic (exact) mass is 279 g/mol. The minimum atomic E-state index is 0.434. The van der Waals surface area contributed by atoms with E-state index in [1.165, 1.54) is 5.56 Å². The predicted molar refractivity (Wildman–Crippen MR) is 87.8 cm³/mol. The Morgan fingerprint density at radius 3 is 2.52 bits per heavy atom. The molecule has 0 saturated heterocycles. The van der Waals surface area contributed by atoms with Gasteiger partial charge in [0.15, 0.2) is 0 Å². The summed E-state index contributed by atoms with van der Waals surface area (Å²) in [5, 5.41) is 0. The van der Waals surface area contributed by atoms with Crippen LogP contribution in [0.3, 0.4) is 0 Å². The molecule has 3 nitrogen and oxygen atoms in total. The zero-order valence-corrected chi connectivity index (χ0v) is 12.8. The van der Waals surface area contributed by atoms with Gasteiger partial charge in [-0.25, -0.2) is 4.98 Å². The third-order valence-corrected chi connectivity index (χ3v) is 4.27. The van der Waals surface area contributed by atoms with E-state index in [2.05, 4.69) is 65.7 Å². The van der Waals surface area contributed by atoms with Crippen LogP contribution in [0.4, 0.5) is 0 Å². The van der Waals surface area contributed by atoms with Crippen LogP contribution in [0, 0.1) is 0 Å². The lowest BCUT2D eigenvalue weighted by atomic mass is 10.1. The summed E-state index contributed by atoms with van der Waals surface area (Å²) in [5.74, 6) is 0. The molecule has 0 N–H and O–H groups in total. The van der Waals surface area contributed by atoms with Gasteiger partial charge >= 0.3 is 0 Å². The molecule has 0 bridgehead atoms. The van der Waals surface area contributed by atoms with Gasteiger partial charge in [-0.05, 0) is 50.3 Å². The fraction of sp³-hybridized carbons (Fsp3) is 0.278. The largest absolute Gasteiger partial charge is 0.300 e. The van der Waals surface area contributed by atoms with E-state index in [4.69, 9.17) is 0 Å². The first-order valence-electron chi connectivity index (χ1n) is 7.43. The lowest BCUT2D eigenvalue weighted by Gasteiger charge is -2.23. The van der Waals surface area contributed by atoms with Crippen molar-refractivity contribution in [1.29, 1.82) is 0 Å². The molecule has 0 amide bonds. The summed E-state index contributed by atoms with van der Waals surface area (Å²) in [6.45, 7) is 5.47. The molecule has 0 aliphatic heterocycles. The summed E-state index contributed by atoms with van der Waals surface area (Å²) in [4.78, 5) is 6.78. The van der Waals surface area contributed by atoms with E-state index >= 15 is 0 Å². The van der Waals surface area contributed by atoms with E-state index in [0.29, 0.717) is 6.04 Å². The fourth-order valence-electron chi connectivity index (χ4n) is 2.61. The van der Waals surface area contributed by atoms with Crippen molar-refractivity contribution in [2.24, 2.45) is 0 Å². The van der Waals surface area contributed by atoms with Gasteiger partial charge in [0.05, 0.1) is 11.0 Å². The van der Waals surface area contributed by atoms with Crippen LogP contribution in [-0.2, 0) is 0 Å². The van der Waals surface area contributed by atoms with Gasteiger partial charge in [-0.3, -0.25) is 9.47 Å². The molecule has 0 aliphatic carbocycles. The molecule has 1 atom stereocenters. The standard InChI is InChI=1S/C18H21N3/c1-4-20(3)14(2)15-9-11-16(12-10-15)21-13-19-17-7-5-6-8-18(17)21/h5-14H,4H2,1-3H3. The minimum Gasteiger partial charge on any atom is -0.300 e. The van der Waals surface area contributed by atoms with Crippen LogP contribution in [-0.4, -0.2) is 28.0 Å². The molecule has 0 saturated carbocycles. The predicted octanol–water partition coefficient (Wildman–Crippen LogP) is 4.04. The number of fused-ring (bicyclic) bond motifs is 1. The number of benzene rings is 2. The third-order valence-electron chi connectivity index (χ3n) is 4.27. The molecule has 0 fully saturated rings. The van der Waals surface area contributed by atoms with E-state index in [0.717, 1.165) is 23.3 Å². The van der Waals surface area contributed by atoms with E-state index in [-0.39, 0.29) is 0 Å². The molecule has 3 aromatic rings. The third kappa shape index (κ3) is 2.57. The number of rotatable bonds is 4. The van der Waals surface area contributed by atoms with Crippen molar-refractivity contribution < 1.29 is 0 Å². The highest BCUT2D eigenvalue weighted by Crippen LogP contribution is 2.22. The Labute approximate surface area is 125 Å². The molecule has 1 unspecified atom stereocenters. The first-order chi connectivity index (χ1) is 10.2. The minimum absolute atomic E-state index is 0.434. The summed E-state index contributed by atoms with van der Waals surface area (Å²) in [5.41, 5.74) is 4.66. The van der Waals surface area contributed by atoms with Gasteiger partial charge in [-0.15, -0.1) is 0 Å². The highest BCUT2D eigenvalue weighted by Gasteiger charge is 2.10. The zero-order valence-electron chi connectivity index (χ0n) is 12.8. The molecule has 0 aliphatic rings. The fourth-order valence-corrected chi connectivity index (χ4v) is 2.61. The highest BCUT2D eigenvalue weighted by atomic mass is 15.1. The summed E-state index contributed by atoms with van der Waals surface area (Å²) in [6.07, 6.45) is 1.89. The Kier molecular flexibility index (Phi) is 3.76. The Bertz CT molecular complexity index is 728. The molecule has 21 heavy (non-hydrogen) atoms. The Balaban J connectivity index is 1.94. The van der Waals surface area contributed by atoms with E-state index in [1.54, 1.807) is 0 Å². The second kappa shape index (κ2) is 5.70. The van der Waals surface area contributed by atoms with Gasteiger partial charge in [-0.2, -0.15) is 0 Å². The average Bonchev–Trinajstić information content (AvgIpc) is 2.97. The highest BCUT2D eigenvalue weighted by molar-refractivity contribution is 5.77. The van der Waals surface area contributed by atoms with Gasteiger partial charge in [0, 0.05) is 11.7 Å². The Morgan fingerprint density at radius 1 is 1.10 bits per heavy atom. The number of imidazole rings is 1. The van der Waals surface area contributed by atoms with E-state index in [1.807, 2.05) is 24.5 Å². The Hall–Kier alpha value is -2.13. The molecule has 108 valence electrons. The van der Waals surface area contributed by atoms with Crippen molar-refractivity contribution >= 4 is 11.0 Å². The van der Waals surface area contributed by atoms with Crippen LogP contribution in [0.15, 0.2) is 54.9 Å².